The molecule has 0 N–H and O–H groups in total. The largest absolute Gasteiger partial charge is 0.398 e. The van der Waals surface area contributed by atoms with Crippen LogP contribution >= 0.6 is 15.9 Å². The number of nitrogens with zero attached hydrogens (tertiary/aromatic N) is 2. The van der Waals surface area contributed by atoms with Crippen molar-refractivity contribution in [3.8, 4) is 0 Å². The fraction of sp³-hybridized carbons (Fsp3) is 0.467. The van der Waals surface area contributed by atoms with Crippen LogP contribution in [0.1, 0.15) is 26.3 Å². The van der Waals surface area contributed by atoms with Crippen molar-refractivity contribution in [3.63, 3.8) is 0 Å². The average molecular weight is 369 g/mol. The number of benzene rings is 1. The van der Waals surface area contributed by atoms with Crippen molar-refractivity contribution >= 4 is 41.5 Å². The maximum Gasteiger partial charge on any atom is 0.273 e. The molecule has 0 aliphatic carbocycles. The molecule has 21 heavy (non-hydrogen) atoms. The van der Waals surface area contributed by atoms with Crippen LogP contribution in [0.3, 0.4) is 0 Å². The highest BCUT2D eigenvalue weighted by atomic mass is 79.9. The van der Waals surface area contributed by atoms with E-state index in [1.165, 1.54) is 7.11 Å². The molecule has 0 saturated carbocycles. The lowest BCUT2D eigenvalue weighted by Gasteiger charge is -2.43. The van der Waals surface area contributed by atoms with E-state index in [2.05, 4.69) is 55.0 Å². The van der Waals surface area contributed by atoms with Gasteiger partial charge >= 0.3 is 0 Å². The average Bonchev–Trinajstić information content (AvgIpc) is 2.62. The Morgan fingerprint density at radius 2 is 1.90 bits per heavy atom. The summed E-state index contributed by atoms with van der Waals surface area (Å²) in [7, 11) is -0.577. The Morgan fingerprint density at radius 1 is 1.29 bits per heavy atom. The van der Waals surface area contributed by atoms with Crippen molar-refractivity contribution in [1.82, 2.24) is 0 Å². The summed E-state index contributed by atoms with van der Waals surface area (Å²) in [6.45, 7) is 11.0. The summed E-state index contributed by atoms with van der Waals surface area (Å²) in [5, 5.41) is 4.01. The van der Waals surface area contributed by atoms with E-state index >= 15 is 0 Å². The van der Waals surface area contributed by atoms with Gasteiger partial charge in [0.05, 0.1) is 0 Å². The Kier molecular flexibility index (Phi) is 4.05. The number of carbonyl (C=O) groups excluding carboxylic acids is 1. The zero-order chi connectivity index (χ0) is 16.0. The van der Waals surface area contributed by atoms with Crippen LogP contribution in [0.15, 0.2) is 27.8 Å². The smallest absolute Gasteiger partial charge is 0.273 e. The van der Waals surface area contributed by atoms with Gasteiger partial charge in [-0.3, -0.25) is 4.79 Å². The van der Waals surface area contributed by atoms with Gasteiger partial charge in [-0.2, -0.15) is 0 Å². The van der Waals surface area contributed by atoms with Crippen LogP contribution in [0.25, 0.3) is 0 Å². The Labute approximate surface area is 135 Å². The molecule has 0 fully saturated rings. The van der Waals surface area contributed by atoms with Crippen LogP contribution in [0.4, 0.5) is 5.69 Å². The minimum absolute atomic E-state index is 0.0511. The molecular formula is C15H21BrN2O2Si. The molecule has 1 heterocycles. The summed E-state index contributed by atoms with van der Waals surface area (Å²) >= 11 is 3.46. The van der Waals surface area contributed by atoms with Gasteiger partial charge in [-0.25, -0.2) is 0 Å². The molecule has 0 radical (unpaired) electrons. The number of fused-ring (bicyclic) bond motifs is 1. The highest BCUT2D eigenvalue weighted by molar-refractivity contribution is 9.10. The van der Waals surface area contributed by atoms with E-state index in [1.807, 2.05) is 22.8 Å². The molecule has 0 aromatic heterocycles. The lowest BCUT2D eigenvalue weighted by Crippen LogP contribution is -2.57. The molecule has 0 unspecified atom stereocenters. The zero-order valence-electron chi connectivity index (χ0n) is 13.3. The van der Waals surface area contributed by atoms with Gasteiger partial charge in [0.25, 0.3) is 5.91 Å². The second kappa shape index (κ2) is 5.25. The number of oxime groups is 1. The summed E-state index contributed by atoms with van der Waals surface area (Å²) in [6, 6.07) is 5.87. The standard InChI is InChI=1S/C15H21BrN2O2Si/c1-15(2,3)21(5,6)18-12-8-7-10(16)9-11(12)13(14(18)19)17-20-4/h7-9H,1-6H3/b17-13+. The Bertz CT molecular complexity index is 621. The number of carbonyl (C=O) groups is 1. The zero-order valence-corrected chi connectivity index (χ0v) is 15.9. The Hall–Kier alpha value is -1.14. The second-order valence-electron chi connectivity index (χ2n) is 6.73. The van der Waals surface area contributed by atoms with Gasteiger partial charge in [0.15, 0.2) is 13.9 Å². The predicted molar refractivity (Wildman–Crippen MR) is 92.4 cm³/mol. The summed E-state index contributed by atoms with van der Waals surface area (Å²) in [4.78, 5) is 17.8. The first-order chi connectivity index (χ1) is 9.61. The van der Waals surface area contributed by atoms with Gasteiger partial charge in [-0.15, -0.1) is 0 Å². The molecule has 0 bridgehead atoms. The third kappa shape index (κ3) is 2.55. The normalized spacial score (nSPS) is 17.4. The van der Waals surface area contributed by atoms with E-state index in [4.69, 9.17) is 4.84 Å². The highest BCUT2D eigenvalue weighted by Crippen LogP contribution is 2.44. The predicted octanol–water partition coefficient (Wildman–Crippen LogP) is 4.15. The number of halogens is 1. The van der Waals surface area contributed by atoms with Gasteiger partial charge in [0, 0.05) is 15.7 Å². The quantitative estimate of drug-likeness (QED) is 0.581. The number of anilines is 1. The summed E-state index contributed by atoms with van der Waals surface area (Å²) in [5.74, 6) is -0.0588. The van der Waals surface area contributed by atoms with Crippen LogP contribution in [-0.4, -0.2) is 27.0 Å². The monoisotopic (exact) mass is 368 g/mol. The molecule has 0 atom stereocenters. The second-order valence-corrected chi connectivity index (χ2v) is 12.7. The van der Waals surface area contributed by atoms with Crippen LogP contribution in [-0.2, 0) is 9.63 Å². The number of hydrogen-bond acceptors (Lipinski definition) is 3. The van der Waals surface area contributed by atoms with Crippen molar-refractivity contribution in [2.45, 2.75) is 38.9 Å². The third-order valence-electron chi connectivity index (χ3n) is 4.44. The molecular weight excluding hydrogens is 348 g/mol. The summed E-state index contributed by atoms with van der Waals surface area (Å²) in [5.41, 5.74) is 2.16. The van der Waals surface area contributed by atoms with Crippen molar-refractivity contribution < 1.29 is 9.63 Å². The fourth-order valence-electron chi connectivity index (χ4n) is 2.29. The topological polar surface area (TPSA) is 41.9 Å². The van der Waals surface area contributed by atoms with Crippen molar-refractivity contribution in [2.24, 2.45) is 5.16 Å². The summed E-state index contributed by atoms with van der Waals surface area (Å²) < 4.78 is 2.89. The number of hydrogen-bond donors (Lipinski definition) is 0. The van der Waals surface area contributed by atoms with E-state index in [0.29, 0.717) is 5.71 Å². The van der Waals surface area contributed by atoms with Gasteiger partial charge in [0.1, 0.15) is 7.11 Å². The Balaban J connectivity index is 2.67. The minimum Gasteiger partial charge on any atom is -0.398 e. The van der Waals surface area contributed by atoms with E-state index in [9.17, 15) is 4.79 Å². The molecule has 1 aliphatic heterocycles. The van der Waals surface area contributed by atoms with Gasteiger partial charge in [-0.1, -0.05) is 55.0 Å². The molecule has 1 aromatic rings. The molecule has 4 nitrogen and oxygen atoms in total. The van der Waals surface area contributed by atoms with E-state index in [-0.39, 0.29) is 10.9 Å². The SMILES string of the molecule is CO/N=C1/C(=O)N([Si](C)(C)C(C)(C)C)c2ccc(Br)cc21. The van der Waals surface area contributed by atoms with Gasteiger partial charge in [0.2, 0.25) is 0 Å². The van der Waals surface area contributed by atoms with Gasteiger partial charge in [-0.05, 0) is 23.2 Å². The van der Waals surface area contributed by atoms with Crippen molar-refractivity contribution in [2.75, 3.05) is 11.7 Å². The van der Waals surface area contributed by atoms with Crippen LogP contribution in [0.5, 0.6) is 0 Å². The van der Waals surface area contributed by atoms with Crippen LogP contribution in [0.2, 0.25) is 18.1 Å². The van der Waals surface area contributed by atoms with Crippen LogP contribution < -0.4 is 4.57 Å². The van der Waals surface area contributed by atoms with Crippen molar-refractivity contribution in [1.29, 1.82) is 0 Å². The van der Waals surface area contributed by atoms with E-state index < -0.39 is 8.24 Å². The summed E-state index contributed by atoms with van der Waals surface area (Å²) in [6.07, 6.45) is 0. The van der Waals surface area contributed by atoms with Crippen LogP contribution in [0, 0.1) is 0 Å². The first-order valence-electron chi connectivity index (χ1n) is 6.87. The lowest BCUT2D eigenvalue weighted by molar-refractivity contribution is -0.111. The number of rotatable bonds is 2. The first-order valence-corrected chi connectivity index (χ1v) is 10.6. The molecule has 2 rings (SSSR count). The Morgan fingerprint density at radius 3 is 2.43 bits per heavy atom. The molecule has 1 amide bonds. The maximum atomic E-state index is 12.9. The maximum absolute atomic E-state index is 12.9. The van der Waals surface area contributed by atoms with Gasteiger partial charge < -0.3 is 9.40 Å². The molecule has 1 aliphatic rings. The fourth-order valence-corrected chi connectivity index (χ4v) is 4.74. The van der Waals surface area contributed by atoms with E-state index in [1.54, 1.807) is 0 Å². The molecule has 114 valence electrons. The minimum atomic E-state index is -2.04. The first kappa shape index (κ1) is 16.2. The molecule has 1 aromatic carbocycles. The third-order valence-corrected chi connectivity index (χ3v) is 10.2. The molecule has 0 saturated heterocycles. The number of amides is 1. The molecule has 0 spiro atoms. The molecule has 6 heteroatoms. The lowest BCUT2D eigenvalue weighted by atomic mass is 10.1. The van der Waals surface area contributed by atoms with E-state index in [0.717, 1.165) is 15.7 Å². The van der Waals surface area contributed by atoms with Crippen molar-refractivity contribution in [3.05, 3.63) is 28.2 Å². The highest BCUT2D eigenvalue weighted by Gasteiger charge is 2.49.